The largest absolute Gasteiger partial charge is 0.417 e. The summed E-state index contributed by atoms with van der Waals surface area (Å²) in [4.78, 5) is 14.2. The second-order valence-corrected chi connectivity index (χ2v) is 7.08. The normalized spacial score (nSPS) is 24.9. The van der Waals surface area contributed by atoms with E-state index in [1.807, 2.05) is 6.07 Å². The Kier molecular flexibility index (Phi) is 3.82. The standard InChI is InChI=1S/C18H21F3N2O/c19-18(20,21)14-9-12(11-4-2-1-3-5-11)8-13-15-10-22-6-7-23(15)17(24)16(13)14/h8-9,11,15,22H,1-7,10H2. The summed E-state index contributed by atoms with van der Waals surface area (Å²) in [5.41, 5.74) is 0.485. The highest BCUT2D eigenvalue weighted by Gasteiger charge is 2.46. The van der Waals surface area contributed by atoms with Crippen LogP contribution in [0.2, 0.25) is 0 Å². The highest BCUT2D eigenvalue weighted by atomic mass is 19.4. The lowest BCUT2D eigenvalue weighted by Gasteiger charge is -2.31. The second-order valence-electron chi connectivity index (χ2n) is 7.08. The van der Waals surface area contributed by atoms with E-state index in [9.17, 15) is 18.0 Å². The summed E-state index contributed by atoms with van der Waals surface area (Å²) < 4.78 is 41.0. The summed E-state index contributed by atoms with van der Waals surface area (Å²) in [6.45, 7) is 1.63. The highest BCUT2D eigenvalue weighted by molar-refractivity contribution is 6.01. The third-order valence-electron chi connectivity index (χ3n) is 5.65. The number of amides is 1. The molecule has 130 valence electrons. The molecule has 0 aromatic heterocycles. The van der Waals surface area contributed by atoms with Gasteiger partial charge in [-0.15, -0.1) is 0 Å². The number of hydrogen-bond acceptors (Lipinski definition) is 2. The first-order chi connectivity index (χ1) is 11.5. The van der Waals surface area contributed by atoms with Gasteiger partial charge in [0.25, 0.3) is 5.91 Å². The van der Waals surface area contributed by atoms with E-state index in [0.717, 1.165) is 37.7 Å². The van der Waals surface area contributed by atoms with Gasteiger partial charge in [0.05, 0.1) is 17.2 Å². The minimum atomic E-state index is -4.49. The molecular formula is C18H21F3N2O. The summed E-state index contributed by atoms with van der Waals surface area (Å²) in [5, 5.41) is 3.20. The Labute approximate surface area is 139 Å². The van der Waals surface area contributed by atoms with E-state index in [0.29, 0.717) is 25.2 Å². The van der Waals surface area contributed by atoms with Gasteiger partial charge in [-0.2, -0.15) is 13.2 Å². The first kappa shape index (κ1) is 15.9. The van der Waals surface area contributed by atoms with Crippen LogP contribution in [0.1, 0.15) is 71.1 Å². The monoisotopic (exact) mass is 338 g/mol. The number of rotatable bonds is 1. The van der Waals surface area contributed by atoms with Crippen molar-refractivity contribution < 1.29 is 18.0 Å². The summed E-state index contributed by atoms with van der Waals surface area (Å²) in [6.07, 6.45) is 0.685. The molecule has 2 heterocycles. The van der Waals surface area contributed by atoms with Crippen molar-refractivity contribution in [2.45, 2.75) is 50.2 Å². The van der Waals surface area contributed by atoms with Crippen LogP contribution in [0.4, 0.5) is 13.2 Å². The number of fused-ring (bicyclic) bond motifs is 3. The van der Waals surface area contributed by atoms with Crippen molar-refractivity contribution in [2.75, 3.05) is 19.6 Å². The number of piperazine rings is 1. The maximum atomic E-state index is 13.7. The topological polar surface area (TPSA) is 32.3 Å². The summed E-state index contributed by atoms with van der Waals surface area (Å²) in [5.74, 6) is -0.273. The lowest BCUT2D eigenvalue weighted by Crippen LogP contribution is -2.44. The average Bonchev–Trinajstić information content (AvgIpc) is 2.87. The summed E-state index contributed by atoms with van der Waals surface area (Å²) in [7, 11) is 0. The number of benzene rings is 1. The van der Waals surface area contributed by atoms with E-state index in [-0.39, 0.29) is 17.5 Å². The molecule has 1 N–H and O–H groups in total. The minimum Gasteiger partial charge on any atom is -0.329 e. The third-order valence-corrected chi connectivity index (χ3v) is 5.65. The number of alkyl halides is 3. The molecule has 3 nitrogen and oxygen atoms in total. The van der Waals surface area contributed by atoms with Crippen LogP contribution in [-0.2, 0) is 6.18 Å². The molecule has 1 aromatic rings. The number of nitrogens with one attached hydrogen (secondary N) is 1. The maximum Gasteiger partial charge on any atom is 0.417 e. The predicted octanol–water partition coefficient (Wildman–Crippen LogP) is 3.85. The summed E-state index contributed by atoms with van der Waals surface area (Å²) in [6, 6.07) is 2.88. The molecule has 0 radical (unpaired) electrons. The molecule has 6 heteroatoms. The van der Waals surface area contributed by atoms with Crippen LogP contribution in [0.3, 0.4) is 0 Å². The first-order valence-corrected chi connectivity index (χ1v) is 8.73. The molecule has 3 aliphatic rings. The zero-order chi connectivity index (χ0) is 16.9. The number of halogens is 3. The Morgan fingerprint density at radius 1 is 1.12 bits per heavy atom. The molecule has 0 bridgehead atoms. The Balaban J connectivity index is 1.84. The van der Waals surface area contributed by atoms with Gasteiger partial charge in [0.1, 0.15) is 0 Å². The van der Waals surface area contributed by atoms with E-state index in [1.54, 1.807) is 4.90 Å². The van der Waals surface area contributed by atoms with Gasteiger partial charge in [0.15, 0.2) is 0 Å². The van der Waals surface area contributed by atoms with Gasteiger partial charge in [0, 0.05) is 19.6 Å². The smallest absolute Gasteiger partial charge is 0.329 e. The minimum absolute atomic E-state index is 0.115. The van der Waals surface area contributed by atoms with E-state index in [1.165, 1.54) is 6.07 Å². The molecule has 1 amide bonds. The summed E-state index contributed by atoms with van der Waals surface area (Å²) >= 11 is 0. The van der Waals surface area contributed by atoms with Gasteiger partial charge in [-0.1, -0.05) is 25.3 Å². The number of nitrogens with zero attached hydrogens (tertiary/aromatic N) is 1. The van der Waals surface area contributed by atoms with Gasteiger partial charge < -0.3 is 10.2 Å². The average molecular weight is 338 g/mol. The van der Waals surface area contributed by atoms with Crippen LogP contribution in [0.5, 0.6) is 0 Å². The van der Waals surface area contributed by atoms with Crippen LogP contribution >= 0.6 is 0 Å². The van der Waals surface area contributed by atoms with Crippen LogP contribution in [0.15, 0.2) is 12.1 Å². The fourth-order valence-electron chi connectivity index (χ4n) is 4.45. The van der Waals surface area contributed by atoms with Crippen molar-refractivity contribution >= 4 is 5.91 Å². The van der Waals surface area contributed by atoms with Crippen LogP contribution in [-0.4, -0.2) is 30.4 Å². The zero-order valence-corrected chi connectivity index (χ0v) is 13.5. The Morgan fingerprint density at radius 2 is 1.88 bits per heavy atom. The molecule has 1 aromatic carbocycles. The van der Waals surface area contributed by atoms with Crippen molar-refractivity contribution in [3.05, 3.63) is 34.4 Å². The fourth-order valence-corrected chi connectivity index (χ4v) is 4.45. The number of carbonyl (C=O) groups is 1. The van der Waals surface area contributed by atoms with Crippen LogP contribution in [0, 0.1) is 0 Å². The van der Waals surface area contributed by atoms with Crippen LogP contribution in [0.25, 0.3) is 0 Å². The maximum absolute atomic E-state index is 13.7. The van der Waals surface area contributed by atoms with Crippen LogP contribution < -0.4 is 5.32 Å². The molecule has 1 unspecified atom stereocenters. The van der Waals surface area contributed by atoms with Crippen molar-refractivity contribution in [1.82, 2.24) is 10.2 Å². The molecule has 0 spiro atoms. The van der Waals surface area contributed by atoms with Crippen molar-refractivity contribution in [1.29, 1.82) is 0 Å². The first-order valence-electron chi connectivity index (χ1n) is 8.73. The fraction of sp³-hybridized carbons (Fsp3) is 0.611. The molecule has 4 rings (SSSR count). The third kappa shape index (κ3) is 2.51. The van der Waals surface area contributed by atoms with Gasteiger partial charge >= 0.3 is 6.18 Å². The van der Waals surface area contributed by atoms with E-state index >= 15 is 0 Å². The molecule has 24 heavy (non-hydrogen) atoms. The lowest BCUT2D eigenvalue weighted by atomic mass is 9.81. The number of carbonyl (C=O) groups excluding carboxylic acids is 1. The predicted molar refractivity (Wildman–Crippen MR) is 83.9 cm³/mol. The second kappa shape index (κ2) is 5.76. The molecule has 1 atom stereocenters. The quantitative estimate of drug-likeness (QED) is 0.843. The molecule has 1 saturated heterocycles. The molecular weight excluding hydrogens is 317 g/mol. The van der Waals surface area contributed by atoms with Crippen molar-refractivity contribution in [3.8, 4) is 0 Å². The molecule has 1 saturated carbocycles. The van der Waals surface area contributed by atoms with Crippen molar-refractivity contribution in [2.24, 2.45) is 0 Å². The van der Waals surface area contributed by atoms with Gasteiger partial charge in [-0.3, -0.25) is 4.79 Å². The van der Waals surface area contributed by atoms with Crippen molar-refractivity contribution in [3.63, 3.8) is 0 Å². The lowest BCUT2D eigenvalue weighted by molar-refractivity contribution is -0.138. The Hall–Kier alpha value is -1.56. The van der Waals surface area contributed by atoms with Gasteiger partial charge in [-0.05, 0) is 36.0 Å². The zero-order valence-electron chi connectivity index (χ0n) is 13.5. The molecule has 1 aliphatic carbocycles. The van der Waals surface area contributed by atoms with E-state index < -0.39 is 17.6 Å². The molecule has 2 aliphatic heterocycles. The van der Waals surface area contributed by atoms with E-state index in [4.69, 9.17) is 0 Å². The highest BCUT2D eigenvalue weighted by Crippen LogP contribution is 2.45. The van der Waals surface area contributed by atoms with Gasteiger partial charge in [-0.25, -0.2) is 0 Å². The van der Waals surface area contributed by atoms with Gasteiger partial charge in [0.2, 0.25) is 0 Å². The molecule has 2 fully saturated rings. The SMILES string of the molecule is O=C1c2c(cc(C3CCCCC3)cc2C(F)(F)F)C2CNCCN12. The number of hydrogen-bond donors (Lipinski definition) is 1. The van der Waals surface area contributed by atoms with E-state index in [2.05, 4.69) is 5.32 Å². The Morgan fingerprint density at radius 3 is 2.58 bits per heavy atom. The Bertz CT molecular complexity index is 665.